The minimum absolute atomic E-state index is 0.0999. The maximum Gasteiger partial charge on any atom is 0.411 e. The minimum Gasteiger partial charge on any atom is -0.397 e. The van der Waals surface area contributed by atoms with E-state index in [1.54, 1.807) is 25.4 Å². The van der Waals surface area contributed by atoms with Crippen molar-refractivity contribution < 1.29 is 9.53 Å². The lowest BCUT2D eigenvalue weighted by Crippen LogP contribution is -2.18. The van der Waals surface area contributed by atoms with E-state index >= 15 is 0 Å². The normalized spacial score (nSPS) is 10.2. The number of nitrogen functional groups attached to an aromatic ring is 1. The summed E-state index contributed by atoms with van der Waals surface area (Å²) >= 11 is 0. The number of carbonyl (C=O) groups excluding carboxylic acids is 1. The summed E-state index contributed by atoms with van der Waals surface area (Å²) in [6.45, 7) is 0. The SMILES string of the molecule is Cn1nnc(-c2ncccc2N)c1OC(N)=O. The maximum absolute atomic E-state index is 10.8. The number of hydrogen-bond donors (Lipinski definition) is 2. The summed E-state index contributed by atoms with van der Waals surface area (Å²) in [5, 5.41) is 7.56. The first-order valence-corrected chi connectivity index (χ1v) is 4.67. The van der Waals surface area contributed by atoms with Crippen molar-refractivity contribution in [2.45, 2.75) is 0 Å². The second-order valence-corrected chi connectivity index (χ2v) is 3.23. The van der Waals surface area contributed by atoms with E-state index in [-0.39, 0.29) is 11.6 Å². The Kier molecular flexibility index (Phi) is 2.61. The number of aromatic nitrogens is 4. The van der Waals surface area contributed by atoms with Gasteiger partial charge < -0.3 is 16.2 Å². The summed E-state index contributed by atoms with van der Waals surface area (Å²) in [7, 11) is 1.56. The molecule has 0 radical (unpaired) electrons. The number of aryl methyl sites for hydroxylation is 1. The van der Waals surface area contributed by atoms with Gasteiger partial charge in [-0.15, -0.1) is 5.10 Å². The summed E-state index contributed by atoms with van der Waals surface area (Å²) in [4.78, 5) is 14.8. The first-order valence-electron chi connectivity index (χ1n) is 4.67. The lowest BCUT2D eigenvalue weighted by Gasteiger charge is -2.04. The van der Waals surface area contributed by atoms with Crippen molar-refractivity contribution in [3.8, 4) is 17.3 Å². The van der Waals surface area contributed by atoms with Crippen LogP contribution < -0.4 is 16.2 Å². The van der Waals surface area contributed by atoms with Crippen molar-refractivity contribution >= 4 is 11.8 Å². The third kappa shape index (κ3) is 2.00. The fourth-order valence-electron chi connectivity index (χ4n) is 1.32. The highest BCUT2D eigenvalue weighted by atomic mass is 16.6. The number of anilines is 1. The van der Waals surface area contributed by atoms with Crippen LogP contribution in [0.15, 0.2) is 18.3 Å². The summed E-state index contributed by atoms with van der Waals surface area (Å²) in [5.74, 6) is 0.0999. The molecule has 1 amide bonds. The molecule has 2 rings (SSSR count). The Hall–Kier alpha value is -2.64. The molecule has 0 saturated heterocycles. The Morgan fingerprint density at radius 3 is 2.88 bits per heavy atom. The molecule has 0 atom stereocenters. The van der Waals surface area contributed by atoms with Crippen molar-refractivity contribution in [2.75, 3.05) is 5.73 Å². The number of pyridine rings is 1. The summed E-state index contributed by atoms with van der Waals surface area (Å²) in [6, 6.07) is 3.34. The van der Waals surface area contributed by atoms with Crippen molar-refractivity contribution in [1.82, 2.24) is 20.0 Å². The molecular weight excluding hydrogens is 224 g/mol. The topological polar surface area (TPSA) is 122 Å². The van der Waals surface area contributed by atoms with Crippen molar-refractivity contribution in [3.63, 3.8) is 0 Å². The third-order valence-corrected chi connectivity index (χ3v) is 2.04. The van der Waals surface area contributed by atoms with Gasteiger partial charge in [-0.3, -0.25) is 4.98 Å². The van der Waals surface area contributed by atoms with Crippen molar-refractivity contribution in [1.29, 1.82) is 0 Å². The Labute approximate surface area is 96.2 Å². The summed E-state index contributed by atoms with van der Waals surface area (Å²) in [5.41, 5.74) is 11.8. The molecule has 2 heterocycles. The zero-order valence-corrected chi connectivity index (χ0v) is 8.99. The highest BCUT2D eigenvalue weighted by molar-refractivity contribution is 5.76. The molecule has 0 saturated carbocycles. The van der Waals surface area contributed by atoms with Crippen LogP contribution in [0.4, 0.5) is 10.5 Å². The van der Waals surface area contributed by atoms with Gasteiger partial charge in [0.05, 0.1) is 5.69 Å². The maximum atomic E-state index is 10.8. The molecule has 0 aliphatic heterocycles. The molecule has 0 fully saturated rings. The van der Waals surface area contributed by atoms with Crippen LogP contribution in [-0.2, 0) is 7.05 Å². The average molecular weight is 234 g/mol. The van der Waals surface area contributed by atoms with Gasteiger partial charge in [-0.05, 0) is 12.1 Å². The quantitative estimate of drug-likeness (QED) is 0.749. The van der Waals surface area contributed by atoms with Gasteiger partial charge in [0, 0.05) is 13.2 Å². The largest absolute Gasteiger partial charge is 0.411 e. The van der Waals surface area contributed by atoms with E-state index in [0.29, 0.717) is 11.4 Å². The van der Waals surface area contributed by atoms with Crippen LogP contribution in [0.1, 0.15) is 0 Å². The molecule has 0 aliphatic carbocycles. The van der Waals surface area contributed by atoms with Crippen LogP contribution in [-0.4, -0.2) is 26.1 Å². The molecule has 0 unspecified atom stereocenters. The number of primary amides is 1. The second-order valence-electron chi connectivity index (χ2n) is 3.23. The lowest BCUT2D eigenvalue weighted by molar-refractivity contribution is 0.207. The third-order valence-electron chi connectivity index (χ3n) is 2.04. The fourth-order valence-corrected chi connectivity index (χ4v) is 1.32. The summed E-state index contributed by atoms with van der Waals surface area (Å²) < 4.78 is 6.08. The molecule has 0 aliphatic rings. The van der Waals surface area contributed by atoms with Gasteiger partial charge in [-0.1, -0.05) is 5.21 Å². The zero-order valence-electron chi connectivity index (χ0n) is 8.99. The molecule has 0 spiro atoms. The van der Waals surface area contributed by atoms with Gasteiger partial charge in [0.1, 0.15) is 5.69 Å². The number of nitrogens with two attached hydrogens (primary N) is 2. The van der Waals surface area contributed by atoms with E-state index in [9.17, 15) is 4.79 Å². The molecule has 2 aromatic heterocycles. The number of carbonyl (C=O) groups is 1. The molecule has 88 valence electrons. The van der Waals surface area contributed by atoms with Crippen molar-refractivity contribution in [2.24, 2.45) is 12.8 Å². The first kappa shape index (κ1) is 10.9. The molecular formula is C9H10N6O2. The van der Waals surface area contributed by atoms with E-state index in [4.69, 9.17) is 16.2 Å². The zero-order chi connectivity index (χ0) is 12.4. The number of nitrogens with zero attached hydrogens (tertiary/aromatic N) is 4. The monoisotopic (exact) mass is 234 g/mol. The highest BCUT2D eigenvalue weighted by Gasteiger charge is 2.19. The predicted octanol–water partition coefficient (Wildman–Crippen LogP) is -0.0832. The smallest absolute Gasteiger partial charge is 0.397 e. The Morgan fingerprint density at radius 1 is 1.47 bits per heavy atom. The lowest BCUT2D eigenvalue weighted by atomic mass is 10.2. The van der Waals surface area contributed by atoms with Gasteiger partial charge in [0.25, 0.3) is 5.88 Å². The molecule has 17 heavy (non-hydrogen) atoms. The molecule has 8 heteroatoms. The fraction of sp³-hybridized carbons (Fsp3) is 0.111. The van der Waals surface area contributed by atoms with Gasteiger partial charge in [-0.2, -0.15) is 0 Å². The molecule has 0 bridgehead atoms. The molecule has 8 nitrogen and oxygen atoms in total. The van der Waals surface area contributed by atoms with Crippen molar-refractivity contribution in [3.05, 3.63) is 18.3 Å². The summed E-state index contributed by atoms with van der Waals surface area (Å²) in [6.07, 6.45) is 0.597. The highest BCUT2D eigenvalue weighted by Crippen LogP contribution is 2.28. The number of amides is 1. The Balaban J connectivity index is 2.53. The minimum atomic E-state index is -0.953. The van der Waals surface area contributed by atoms with Gasteiger partial charge in [0.15, 0.2) is 5.69 Å². The average Bonchev–Trinajstić information content (AvgIpc) is 2.61. The van der Waals surface area contributed by atoms with E-state index < -0.39 is 6.09 Å². The van der Waals surface area contributed by atoms with Gasteiger partial charge in [0.2, 0.25) is 0 Å². The van der Waals surface area contributed by atoms with Crippen LogP contribution in [0, 0.1) is 0 Å². The number of hydrogen-bond acceptors (Lipinski definition) is 6. The number of rotatable bonds is 2. The van der Waals surface area contributed by atoms with Crippen LogP contribution in [0.5, 0.6) is 5.88 Å². The van der Waals surface area contributed by atoms with E-state index in [1.165, 1.54) is 4.68 Å². The van der Waals surface area contributed by atoms with Crippen LogP contribution in [0.25, 0.3) is 11.4 Å². The first-order chi connectivity index (χ1) is 8.09. The van der Waals surface area contributed by atoms with E-state index in [2.05, 4.69) is 15.3 Å². The van der Waals surface area contributed by atoms with Crippen LogP contribution in [0.3, 0.4) is 0 Å². The Morgan fingerprint density at radius 2 is 2.24 bits per heavy atom. The van der Waals surface area contributed by atoms with E-state index in [1.807, 2.05) is 0 Å². The molecule has 4 N–H and O–H groups in total. The predicted molar refractivity (Wildman–Crippen MR) is 58.9 cm³/mol. The standard InChI is InChI=1S/C9H10N6O2/c1-15-8(17-9(11)16)7(13-14-15)6-5(10)3-2-4-12-6/h2-4H,10H2,1H3,(H2,11,16). The molecule has 0 aromatic carbocycles. The molecule has 2 aromatic rings. The van der Waals surface area contributed by atoms with Crippen LogP contribution in [0.2, 0.25) is 0 Å². The van der Waals surface area contributed by atoms with Gasteiger partial charge >= 0.3 is 6.09 Å². The van der Waals surface area contributed by atoms with Gasteiger partial charge in [-0.25, -0.2) is 9.48 Å². The van der Waals surface area contributed by atoms with E-state index in [0.717, 1.165) is 0 Å². The number of ether oxygens (including phenoxy) is 1. The Bertz CT molecular complexity index is 564. The second kappa shape index (κ2) is 4.08. The van der Waals surface area contributed by atoms with Crippen LogP contribution >= 0.6 is 0 Å².